The van der Waals surface area contributed by atoms with E-state index in [1.54, 1.807) is 19.3 Å². The summed E-state index contributed by atoms with van der Waals surface area (Å²) in [5, 5.41) is 4.36. The lowest BCUT2D eigenvalue weighted by Gasteiger charge is -2.20. The molecule has 6 heteroatoms. The molecule has 1 rings (SSSR count). The summed E-state index contributed by atoms with van der Waals surface area (Å²) in [4.78, 5) is 24.7. The summed E-state index contributed by atoms with van der Waals surface area (Å²) in [5.74, 6) is -0.242. The molecule has 1 aromatic rings. The Balaban J connectivity index is 3.42. The van der Waals surface area contributed by atoms with Crippen LogP contribution in [-0.2, 0) is 14.3 Å². The fourth-order valence-electron chi connectivity index (χ4n) is 2.22. The molecule has 0 fully saturated rings. The molecule has 6 nitrogen and oxygen atoms in total. The molecule has 0 N–H and O–H groups in total. The first kappa shape index (κ1) is 18.9. The monoisotopic (exact) mass is 322 g/mol. The van der Waals surface area contributed by atoms with Crippen molar-refractivity contribution in [1.82, 2.24) is 9.78 Å². The number of carbonyl (C=O) groups is 1. The van der Waals surface area contributed by atoms with Crippen molar-refractivity contribution >= 4 is 12.0 Å². The Hall–Kier alpha value is -2.11. The first-order valence-electron chi connectivity index (χ1n) is 7.79. The maximum Gasteiger partial charge on any atom is 0.330 e. The zero-order chi connectivity index (χ0) is 17.6. The molecule has 1 aromatic heterocycles. The lowest BCUT2D eigenvalue weighted by atomic mass is 10.0. The highest BCUT2D eigenvalue weighted by atomic mass is 16.5. The van der Waals surface area contributed by atoms with Gasteiger partial charge in [-0.2, -0.15) is 5.10 Å². The lowest BCUT2D eigenvalue weighted by molar-refractivity contribution is -0.145. The van der Waals surface area contributed by atoms with Crippen molar-refractivity contribution in [1.29, 1.82) is 0 Å². The minimum absolute atomic E-state index is 0.219. The van der Waals surface area contributed by atoms with Crippen LogP contribution in [0.5, 0.6) is 0 Å². The normalized spacial score (nSPS) is 12.7. The van der Waals surface area contributed by atoms with E-state index in [-0.39, 0.29) is 11.5 Å². The van der Waals surface area contributed by atoms with E-state index in [1.165, 1.54) is 11.8 Å². The fraction of sp³-hybridized carbons (Fsp3) is 0.588. The number of esters is 1. The van der Waals surface area contributed by atoms with Gasteiger partial charge in [-0.3, -0.25) is 4.79 Å². The maximum atomic E-state index is 12.6. The first-order valence-corrected chi connectivity index (χ1v) is 7.79. The van der Waals surface area contributed by atoms with Gasteiger partial charge in [-0.1, -0.05) is 13.8 Å². The number of methoxy groups -OCH3 is 1. The minimum Gasteiger partial charge on any atom is -0.501 e. The van der Waals surface area contributed by atoms with Crippen LogP contribution in [0.3, 0.4) is 0 Å². The van der Waals surface area contributed by atoms with Crippen molar-refractivity contribution in [2.45, 2.75) is 47.1 Å². The topological polar surface area (TPSA) is 70.4 Å². The minimum atomic E-state index is -0.731. The molecule has 0 bridgehead atoms. The highest BCUT2D eigenvalue weighted by Gasteiger charge is 2.26. The van der Waals surface area contributed by atoms with E-state index in [9.17, 15) is 9.59 Å². The van der Waals surface area contributed by atoms with E-state index >= 15 is 0 Å². The fourth-order valence-corrected chi connectivity index (χ4v) is 2.22. The molecule has 23 heavy (non-hydrogen) atoms. The summed E-state index contributed by atoms with van der Waals surface area (Å²) >= 11 is 0. The van der Waals surface area contributed by atoms with Crippen molar-refractivity contribution < 1.29 is 14.3 Å². The third-order valence-corrected chi connectivity index (χ3v) is 3.64. The standard InChI is InChI=1S/C17H26N2O4/c1-7-23-9-8-14-12(4)13(5)16(20)19(18-14)15(10-11(2)3)17(21)22-6/h8-9,11,15H,7,10H2,1-6H3/b9-8+. The van der Waals surface area contributed by atoms with Crippen LogP contribution in [0.1, 0.15) is 50.1 Å². The number of hydrogen-bond donors (Lipinski definition) is 0. The third kappa shape index (κ3) is 4.68. The summed E-state index contributed by atoms with van der Waals surface area (Å²) in [6.45, 7) is 9.96. The van der Waals surface area contributed by atoms with Gasteiger partial charge in [0.25, 0.3) is 5.56 Å². The summed E-state index contributed by atoms with van der Waals surface area (Å²) < 4.78 is 11.3. The van der Waals surface area contributed by atoms with Gasteiger partial charge in [0.2, 0.25) is 0 Å². The number of hydrogen-bond acceptors (Lipinski definition) is 5. The molecule has 128 valence electrons. The number of ether oxygens (including phenoxy) is 2. The number of nitrogens with zero attached hydrogens (tertiary/aromatic N) is 2. The predicted molar refractivity (Wildman–Crippen MR) is 89.1 cm³/mol. The van der Waals surface area contributed by atoms with Gasteiger partial charge in [0.15, 0.2) is 6.04 Å². The van der Waals surface area contributed by atoms with E-state index in [0.29, 0.717) is 24.3 Å². The predicted octanol–water partition coefficient (Wildman–Crippen LogP) is 2.63. The van der Waals surface area contributed by atoms with Gasteiger partial charge in [-0.05, 0) is 38.7 Å². The Bertz CT molecular complexity index is 632. The number of carbonyl (C=O) groups excluding carboxylic acids is 1. The molecular formula is C17H26N2O4. The number of aromatic nitrogens is 2. The molecule has 0 amide bonds. The van der Waals surface area contributed by atoms with Crippen LogP contribution in [0.2, 0.25) is 0 Å². The van der Waals surface area contributed by atoms with Gasteiger partial charge in [-0.25, -0.2) is 9.48 Å². The Labute approximate surface area is 137 Å². The van der Waals surface area contributed by atoms with Crippen molar-refractivity contribution in [2.75, 3.05) is 13.7 Å². The Morgan fingerprint density at radius 2 is 1.96 bits per heavy atom. The lowest BCUT2D eigenvalue weighted by Crippen LogP contribution is -2.35. The molecule has 0 saturated heterocycles. The van der Waals surface area contributed by atoms with Crippen molar-refractivity contribution in [3.63, 3.8) is 0 Å². The second-order valence-corrected chi connectivity index (χ2v) is 5.81. The van der Waals surface area contributed by atoms with E-state index in [0.717, 1.165) is 5.56 Å². The SMILES string of the molecule is CCO/C=C/c1nn(C(CC(C)C)C(=O)OC)c(=O)c(C)c1C. The maximum absolute atomic E-state index is 12.6. The van der Waals surface area contributed by atoms with Crippen molar-refractivity contribution in [3.8, 4) is 0 Å². The molecule has 1 heterocycles. The van der Waals surface area contributed by atoms with Gasteiger partial charge < -0.3 is 9.47 Å². The summed E-state index contributed by atoms with van der Waals surface area (Å²) in [7, 11) is 1.32. The van der Waals surface area contributed by atoms with Gasteiger partial charge in [0.05, 0.1) is 25.7 Å². The quantitative estimate of drug-likeness (QED) is 0.570. The van der Waals surface area contributed by atoms with E-state index in [1.807, 2.05) is 27.7 Å². The Morgan fingerprint density at radius 1 is 1.30 bits per heavy atom. The summed E-state index contributed by atoms with van der Waals surface area (Å²) in [6.07, 6.45) is 3.72. The summed E-state index contributed by atoms with van der Waals surface area (Å²) in [5.41, 5.74) is 1.67. The molecule has 0 radical (unpaired) electrons. The average molecular weight is 322 g/mol. The molecule has 1 atom stereocenters. The van der Waals surface area contributed by atoms with Crippen LogP contribution in [0.4, 0.5) is 0 Å². The summed E-state index contributed by atoms with van der Waals surface area (Å²) in [6, 6.07) is -0.731. The largest absolute Gasteiger partial charge is 0.501 e. The smallest absolute Gasteiger partial charge is 0.330 e. The van der Waals surface area contributed by atoms with Gasteiger partial charge >= 0.3 is 5.97 Å². The van der Waals surface area contributed by atoms with Gasteiger partial charge in [0.1, 0.15) is 0 Å². The molecule has 0 aliphatic carbocycles. The van der Waals surface area contributed by atoms with Crippen LogP contribution in [-0.4, -0.2) is 29.5 Å². The van der Waals surface area contributed by atoms with Crippen molar-refractivity contribution in [2.24, 2.45) is 5.92 Å². The average Bonchev–Trinajstić information content (AvgIpc) is 2.52. The van der Waals surface area contributed by atoms with Crippen LogP contribution in [0, 0.1) is 19.8 Å². The van der Waals surface area contributed by atoms with Crippen LogP contribution < -0.4 is 5.56 Å². The second kappa shape index (κ2) is 8.50. The molecule has 0 saturated carbocycles. The zero-order valence-electron chi connectivity index (χ0n) is 14.8. The molecular weight excluding hydrogens is 296 g/mol. The van der Waals surface area contributed by atoms with Crippen molar-refractivity contribution in [3.05, 3.63) is 33.4 Å². The Morgan fingerprint density at radius 3 is 2.48 bits per heavy atom. The second-order valence-electron chi connectivity index (χ2n) is 5.81. The third-order valence-electron chi connectivity index (χ3n) is 3.64. The Kier molecular flexibility index (Phi) is 7.00. The van der Waals surface area contributed by atoms with Crippen LogP contribution >= 0.6 is 0 Å². The highest BCUT2D eigenvalue weighted by Crippen LogP contribution is 2.19. The highest BCUT2D eigenvalue weighted by molar-refractivity contribution is 5.74. The first-order chi connectivity index (χ1) is 10.8. The van der Waals surface area contributed by atoms with E-state index in [2.05, 4.69) is 5.10 Å². The number of rotatable bonds is 7. The van der Waals surface area contributed by atoms with E-state index < -0.39 is 12.0 Å². The molecule has 0 spiro atoms. The van der Waals surface area contributed by atoms with Crippen LogP contribution in [0.25, 0.3) is 6.08 Å². The molecule has 0 aliphatic heterocycles. The van der Waals surface area contributed by atoms with Crippen LogP contribution in [0.15, 0.2) is 11.1 Å². The van der Waals surface area contributed by atoms with Gasteiger partial charge in [-0.15, -0.1) is 0 Å². The molecule has 0 aliphatic rings. The molecule has 0 aromatic carbocycles. The zero-order valence-corrected chi connectivity index (χ0v) is 14.8. The molecule has 1 unspecified atom stereocenters. The van der Waals surface area contributed by atoms with Gasteiger partial charge in [0, 0.05) is 11.6 Å². The van der Waals surface area contributed by atoms with E-state index in [4.69, 9.17) is 9.47 Å².